The number of carboxylic acid groups (broad SMARTS) is 1. The second kappa shape index (κ2) is 5.85. The lowest BCUT2D eigenvalue weighted by Gasteiger charge is -2.24. The first-order valence-electron chi connectivity index (χ1n) is 5.35. The third kappa shape index (κ3) is 3.65. The van der Waals surface area contributed by atoms with Crippen LogP contribution in [0.25, 0.3) is 0 Å². The van der Waals surface area contributed by atoms with Crippen molar-refractivity contribution in [3.8, 4) is 0 Å². The number of nitrogens with zero attached hydrogens (tertiary/aromatic N) is 1. The van der Waals surface area contributed by atoms with Crippen molar-refractivity contribution in [2.24, 2.45) is 0 Å². The van der Waals surface area contributed by atoms with E-state index >= 15 is 0 Å². The van der Waals surface area contributed by atoms with Crippen molar-refractivity contribution in [1.29, 1.82) is 0 Å². The van der Waals surface area contributed by atoms with Gasteiger partial charge in [0.2, 0.25) is 10.0 Å². The average molecular weight is 310 g/mol. The molecule has 19 heavy (non-hydrogen) atoms. The first-order chi connectivity index (χ1) is 8.66. The Morgan fingerprint density at radius 1 is 1.47 bits per heavy atom. The van der Waals surface area contributed by atoms with Crippen molar-refractivity contribution in [2.75, 3.05) is 6.54 Å². The molecule has 0 saturated carbocycles. The molecule has 0 saturated heterocycles. The smallest absolute Gasteiger partial charge is 0.318 e. The van der Waals surface area contributed by atoms with Gasteiger partial charge in [0.05, 0.1) is 9.92 Å². The van der Waals surface area contributed by atoms with Crippen LogP contribution in [0.2, 0.25) is 5.02 Å². The van der Waals surface area contributed by atoms with E-state index in [1.54, 1.807) is 13.8 Å². The Balaban J connectivity index is 3.26. The molecule has 1 N–H and O–H groups in total. The molecule has 0 amide bonds. The van der Waals surface area contributed by atoms with Gasteiger partial charge >= 0.3 is 5.97 Å². The van der Waals surface area contributed by atoms with Gasteiger partial charge in [-0.25, -0.2) is 12.8 Å². The highest BCUT2D eigenvalue weighted by atomic mass is 35.5. The molecule has 0 radical (unpaired) electrons. The highest BCUT2D eigenvalue weighted by Gasteiger charge is 2.29. The third-order valence-corrected chi connectivity index (χ3v) is 4.67. The molecule has 1 aromatic rings. The number of hydrogen-bond acceptors (Lipinski definition) is 3. The number of sulfonamides is 1. The molecule has 0 aliphatic heterocycles. The summed E-state index contributed by atoms with van der Waals surface area (Å²) >= 11 is 5.54. The Hall–Kier alpha value is -1.18. The maximum Gasteiger partial charge on any atom is 0.318 e. The van der Waals surface area contributed by atoms with Crippen molar-refractivity contribution in [1.82, 2.24) is 4.31 Å². The molecule has 1 aromatic carbocycles. The van der Waals surface area contributed by atoms with Crippen LogP contribution >= 0.6 is 11.6 Å². The predicted octanol–water partition coefficient (Wildman–Crippen LogP) is 1.96. The molecule has 0 aliphatic rings. The molecule has 5 nitrogen and oxygen atoms in total. The monoisotopic (exact) mass is 309 g/mol. The summed E-state index contributed by atoms with van der Waals surface area (Å²) in [6.07, 6.45) is 0. The van der Waals surface area contributed by atoms with Gasteiger partial charge in [0.15, 0.2) is 0 Å². The maximum absolute atomic E-state index is 13.0. The summed E-state index contributed by atoms with van der Waals surface area (Å²) in [7, 11) is -4.03. The normalized spacial score (nSPS) is 12.1. The lowest BCUT2D eigenvalue weighted by Crippen LogP contribution is -2.40. The minimum Gasteiger partial charge on any atom is -0.480 e. The topological polar surface area (TPSA) is 74.7 Å². The second-order valence-electron chi connectivity index (χ2n) is 4.11. The zero-order valence-corrected chi connectivity index (χ0v) is 11.9. The Kier molecular flexibility index (Phi) is 4.89. The van der Waals surface area contributed by atoms with Crippen LogP contribution < -0.4 is 0 Å². The molecule has 8 heteroatoms. The molecule has 0 unspecified atom stereocenters. The first kappa shape index (κ1) is 15.9. The molecule has 106 valence electrons. The van der Waals surface area contributed by atoms with E-state index in [2.05, 4.69) is 0 Å². The molecule has 0 spiro atoms. The molecule has 0 aliphatic carbocycles. The number of hydrogen-bond donors (Lipinski definition) is 1. The van der Waals surface area contributed by atoms with E-state index in [-0.39, 0.29) is 9.92 Å². The molecule has 1 rings (SSSR count). The van der Waals surface area contributed by atoms with Gasteiger partial charge in [0, 0.05) is 6.04 Å². The summed E-state index contributed by atoms with van der Waals surface area (Å²) in [4.78, 5) is 10.5. The number of carboxylic acids is 1. The summed E-state index contributed by atoms with van der Waals surface area (Å²) in [5.74, 6) is -2.01. The average Bonchev–Trinajstić information content (AvgIpc) is 2.28. The summed E-state index contributed by atoms with van der Waals surface area (Å²) in [6.45, 7) is 2.42. The van der Waals surface area contributed by atoms with E-state index in [1.165, 1.54) is 0 Å². The number of benzene rings is 1. The quantitative estimate of drug-likeness (QED) is 0.902. The van der Waals surface area contributed by atoms with Crippen LogP contribution in [0.5, 0.6) is 0 Å². The van der Waals surface area contributed by atoms with E-state index in [1.807, 2.05) is 0 Å². The molecule has 0 atom stereocenters. The van der Waals surface area contributed by atoms with Gasteiger partial charge in [-0.2, -0.15) is 4.31 Å². The highest BCUT2D eigenvalue weighted by molar-refractivity contribution is 7.89. The largest absolute Gasteiger partial charge is 0.480 e. The van der Waals surface area contributed by atoms with Crippen LogP contribution in [-0.2, 0) is 14.8 Å². The van der Waals surface area contributed by atoms with E-state index in [0.29, 0.717) is 0 Å². The van der Waals surface area contributed by atoms with Crippen LogP contribution in [0.15, 0.2) is 23.1 Å². The van der Waals surface area contributed by atoms with Crippen LogP contribution in [0, 0.1) is 5.82 Å². The van der Waals surface area contributed by atoms with Gasteiger partial charge in [0.25, 0.3) is 0 Å². The summed E-state index contributed by atoms with van der Waals surface area (Å²) < 4.78 is 38.3. The van der Waals surface area contributed by atoms with Gasteiger partial charge in [0.1, 0.15) is 12.4 Å². The van der Waals surface area contributed by atoms with Gasteiger partial charge in [-0.1, -0.05) is 11.6 Å². The van der Waals surface area contributed by atoms with Crippen LogP contribution in [0.4, 0.5) is 4.39 Å². The Labute approximate surface area is 115 Å². The summed E-state index contributed by atoms with van der Waals surface area (Å²) in [6, 6.07) is 2.39. The van der Waals surface area contributed by atoms with Gasteiger partial charge in [-0.3, -0.25) is 4.79 Å². The molecule has 0 aromatic heterocycles. The van der Waals surface area contributed by atoms with Crippen molar-refractivity contribution in [2.45, 2.75) is 24.8 Å². The van der Waals surface area contributed by atoms with Crippen molar-refractivity contribution < 1.29 is 22.7 Å². The first-order valence-corrected chi connectivity index (χ1v) is 7.16. The second-order valence-corrected chi connectivity index (χ2v) is 6.41. The van der Waals surface area contributed by atoms with E-state index in [0.717, 1.165) is 22.5 Å². The van der Waals surface area contributed by atoms with E-state index < -0.39 is 34.4 Å². The lowest BCUT2D eigenvalue weighted by molar-refractivity contribution is -0.137. The predicted molar refractivity (Wildman–Crippen MR) is 68.1 cm³/mol. The Bertz CT molecular complexity index is 588. The number of halogens is 2. The minimum absolute atomic E-state index is 0.242. The zero-order chi connectivity index (χ0) is 14.8. The van der Waals surface area contributed by atoms with E-state index in [9.17, 15) is 17.6 Å². The van der Waals surface area contributed by atoms with Crippen molar-refractivity contribution in [3.63, 3.8) is 0 Å². The summed E-state index contributed by atoms with van der Waals surface area (Å²) in [5, 5.41) is 8.42. The zero-order valence-electron chi connectivity index (χ0n) is 10.3. The minimum atomic E-state index is -4.03. The fourth-order valence-corrected chi connectivity index (χ4v) is 3.31. The van der Waals surface area contributed by atoms with E-state index in [4.69, 9.17) is 16.7 Å². The molecular weight excluding hydrogens is 297 g/mol. The fourth-order valence-electron chi connectivity index (χ4n) is 1.45. The molecular formula is C11H13ClFNO4S. The molecule has 0 bridgehead atoms. The van der Waals surface area contributed by atoms with Gasteiger partial charge in [-0.15, -0.1) is 0 Å². The SMILES string of the molecule is CC(C)N(CC(=O)O)S(=O)(=O)c1ccc(F)c(Cl)c1. The number of aliphatic carboxylic acids is 1. The third-order valence-electron chi connectivity index (χ3n) is 2.36. The summed E-state index contributed by atoms with van der Waals surface area (Å²) in [5.41, 5.74) is 0. The molecule has 0 heterocycles. The number of rotatable bonds is 5. The van der Waals surface area contributed by atoms with Gasteiger partial charge < -0.3 is 5.11 Å². The lowest BCUT2D eigenvalue weighted by atomic mass is 10.3. The fraction of sp³-hybridized carbons (Fsp3) is 0.364. The highest BCUT2D eigenvalue weighted by Crippen LogP contribution is 2.23. The molecule has 0 fully saturated rings. The van der Waals surface area contributed by atoms with Crippen LogP contribution in [0.3, 0.4) is 0 Å². The van der Waals surface area contributed by atoms with Gasteiger partial charge in [-0.05, 0) is 32.0 Å². The Morgan fingerprint density at radius 3 is 2.47 bits per heavy atom. The Morgan fingerprint density at radius 2 is 2.05 bits per heavy atom. The van der Waals surface area contributed by atoms with Crippen LogP contribution in [0.1, 0.15) is 13.8 Å². The standard InChI is InChI=1S/C11H13ClFNO4S/c1-7(2)14(6-11(15)16)19(17,18)8-3-4-10(13)9(12)5-8/h3-5,7H,6H2,1-2H3,(H,15,16). The maximum atomic E-state index is 13.0. The van der Waals surface area contributed by atoms with Crippen molar-refractivity contribution in [3.05, 3.63) is 29.0 Å². The van der Waals surface area contributed by atoms with Crippen LogP contribution in [-0.4, -0.2) is 36.4 Å². The number of carbonyl (C=O) groups is 1. The van der Waals surface area contributed by atoms with Crippen molar-refractivity contribution >= 4 is 27.6 Å².